The highest BCUT2D eigenvalue weighted by atomic mass is 16.2. The van der Waals surface area contributed by atoms with Crippen LogP contribution >= 0.6 is 0 Å². The quantitative estimate of drug-likeness (QED) is 0.501. The number of fused-ring (bicyclic) bond motifs is 1. The van der Waals surface area contributed by atoms with Gasteiger partial charge in [0.15, 0.2) is 5.65 Å². The molecule has 0 aliphatic heterocycles. The standard InChI is InChI=1S/C23H23N5O/c1-16(2)27-22-18(15-24-27)14-21(17(3)25-22)23(29)26-28(19-10-6-4-7-11-19)20-12-8-5-9-13-20/h4-16H,1-3H3,(H,26,29). The SMILES string of the molecule is Cc1nc2c(cnn2C(C)C)cc1C(=O)NN(c1ccccc1)c1ccccc1. The molecule has 1 N–H and O–H groups in total. The van der Waals surface area contributed by atoms with Gasteiger partial charge < -0.3 is 0 Å². The summed E-state index contributed by atoms with van der Waals surface area (Å²) in [4.78, 5) is 17.8. The van der Waals surface area contributed by atoms with Gasteiger partial charge in [0.25, 0.3) is 5.91 Å². The summed E-state index contributed by atoms with van der Waals surface area (Å²) in [7, 11) is 0. The summed E-state index contributed by atoms with van der Waals surface area (Å²) in [6, 6.07) is 21.5. The number of hydrogen-bond acceptors (Lipinski definition) is 4. The number of benzene rings is 2. The van der Waals surface area contributed by atoms with Crippen molar-refractivity contribution in [1.82, 2.24) is 20.2 Å². The van der Waals surface area contributed by atoms with Gasteiger partial charge in [0.05, 0.1) is 28.8 Å². The third-order valence-electron chi connectivity index (χ3n) is 4.74. The number of nitrogens with one attached hydrogen (secondary N) is 1. The summed E-state index contributed by atoms with van der Waals surface area (Å²) in [6.07, 6.45) is 1.75. The number of aromatic nitrogens is 3. The van der Waals surface area contributed by atoms with Crippen LogP contribution in [0.15, 0.2) is 72.9 Å². The van der Waals surface area contributed by atoms with Gasteiger partial charge in [-0.2, -0.15) is 5.10 Å². The van der Waals surface area contributed by atoms with Gasteiger partial charge in [-0.1, -0.05) is 36.4 Å². The van der Waals surface area contributed by atoms with Crippen LogP contribution in [0.2, 0.25) is 0 Å². The van der Waals surface area contributed by atoms with E-state index < -0.39 is 0 Å². The molecule has 2 heterocycles. The second kappa shape index (κ2) is 7.75. The average molecular weight is 385 g/mol. The molecule has 6 heteroatoms. The second-order valence-corrected chi connectivity index (χ2v) is 7.16. The molecule has 0 fully saturated rings. The number of para-hydroxylation sites is 2. The Labute approximate surface area is 169 Å². The molecule has 0 aliphatic carbocycles. The first kappa shape index (κ1) is 18.7. The van der Waals surface area contributed by atoms with Crippen molar-refractivity contribution in [2.45, 2.75) is 26.8 Å². The van der Waals surface area contributed by atoms with Crippen molar-refractivity contribution >= 4 is 28.3 Å². The van der Waals surface area contributed by atoms with E-state index in [1.807, 2.05) is 78.3 Å². The Morgan fingerprint density at radius 3 is 2.14 bits per heavy atom. The number of rotatable bonds is 5. The van der Waals surface area contributed by atoms with E-state index in [0.29, 0.717) is 11.3 Å². The minimum Gasteiger partial charge on any atom is -0.267 e. The molecule has 2 aromatic heterocycles. The molecule has 0 aliphatic rings. The Morgan fingerprint density at radius 2 is 1.59 bits per heavy atom. The lowest BCUT2D eigenvalue weighted by Crippen LogP contribution is -2.39. The topological polar surface area (TPSA) is 63.1 Å². The molecule has 29 heavy (non-hydrogen) atoms. The molecule has 0 unspecified atom stereocenters. The van der Waals surface area contributed by atoms with Crippen molar-refractivity contribution in [3.05, 3.63) is 84.2 Å². The summed E-state index contributed by atoms with van der Waals surface area (Å²) in [5, 5.41) is 7.03. The van der Waals surface area contributed by atoms with Crippen molar-refractivity contribution in [3.8, 4) is 0 Å². The molecule has 146 valence electrons. The van der Waals surface area contributed by atoms with Crippen LogP contribution in [0.25, 0.3) is 11.0 Å². The van der Waals surface area contributed by atoms with Crippen LogP contribution in [-0.4, -0.2) is 20.7 Å². The predicted octanol–water partition coefficient (Wildman–Crippen LogP) is 4.80. The van der Waals surface area contributed by atoms with Gasteiger partial charge in [-0.25, -0.2) is 9.67 Å². The monoisotopic (exact) mass is 385 g/mol. The number of nitrogens with zero attached hydrogens (tertiary/aromatic N) is 4. The maximum Gasteiger partial charge on any atom is 0.271 e. The Kier molecular flexibility index (Phi) is 4.99. The summed E-state index contributed by atoms with van der Waals surface area (Å²) in [6.45, 7) is 5.96. The summed E-state index contributed by atoms with van der Waals surface area (Å²) >= 11 is 0. The number of carbonyl (C=O) groups excluding carboxylic acids is 1. The highest BCUT2D eigenvalue weighted by Gasteiger charge is 2.18. The molecular formula is C23H23N5O. The zero-order chi connectivity index (χ0) is 20.4. The average Bonchev–Trinajstić information content (AvgIpc) is 3.15. The number of hydrogen-bond donors (Lipinski definition) is 1. The molecule has 0 saturated heterocycles. The number of amides is 1. The third-order valence-corrected chi connectivity index (χ3v) is 4.74. The third kappa shape index (κ3) is 3.69. The molecule has 0 atom stereocenters. The first-order valence-electron chi connectivity index (χ1n) is 9.60. The molecule has 4 aromatic rings. The van der Waals surface area contributed by atoms with Gasteiger partial charge in [0, 0.05) is 11.4 Å². The van der Waals surface area contributed by atoms with E-state index in [4.69, 9.17) is 0 Å². The Balaban J connectivity index is 1.70. The van der Waals surface area contributed by atoms with Gasteiger partial charge in [0.1, 0.15) is 0 Å². The maximum absolute atomic E-state index is 13.2. The molecule has 6 nitrogen and oxygen atoms in total. The molecule has 0 radical (unpaired) electrons. The van der Waals surface area contributed by atoms with Crippen molar-refractivity contribution in [1.29, 1.82) is 0 Å². The number of hydrazine groups is 1. The predicted molar refractivity (Wildman–Crippen MR) is 115 cm³/mol. The minimum atomic E-state index is -0.220. The van der Waals surface area contributed by atoms with Crippen LogP contribution in [0.3, 0.4) is 0 Å². The molecule has 1 amide bonds. The van der Waals surface area contributed by atoms with Crippen molar-refractivity contribution in [3.63, 3.8) is 0 Å². The first-order valence-corrected chi connectivity index (χ1v) is 9.60. The smallest absolute Gasteiger partial charge is 0.267 e. The molecule has 0 spiro atoms. The second-order valence-electron chi connectivity index (χ2n) is 7.16. The van der Waals surface area contributed by atoms with E-state index >= 15 is 0 Å². The highest BCUT2D eigenvalue weighted by molar-refractivity contribution is 5.99. The van der Waals surface area contributed by atoms with E-state index in [9.17, 15) is 4.79 Å². The largest absolute Gasteiger partial charge is 0.271 e. The summed E-state index contributed by atoms with van der Waals surface area (Å²) < 4.78 is 1.87. The highest BCUT2D eigenvalue weighted by Crippen LogP contribution is 2.24. The fraction of sp³-hybridized carbons (Fsp3) is 0.174. The van der Waals surface area contributed by atoms with Crippen molar-refractivity contribution in [2.75, 3.05) is 5.01 Å². The Morgan fingerprint density at radius 1 is 1.00 bits per heavy atom. The zero-order valence-corrected chi connectivity index (χ0v) is 16.7. The van der Waals surface area contributed by atoms with E-state index in [0.717, 1.165) is 22.4 Å². The molecule has 0 saturated carbocycles. The van der Waals surface area contributed by atoms with Gasteiger partial charge in [-0.3, -0.25) is 15.2 Å². The number of carbonyl (C=O) groups is 1. The zero-order valence-electron chi connectivity index (χ0n) is 16.7. The Hall–Kier alpha value is -3.67. The van der Waals surface area contributed by atoms with Crippen LogP contribution in [0.4, 0.5) is 11.4 Å². The fourth-order valence-electron chi connectivity index (χ4n) is 3.27. The van der Waals surface area contributed by atoms with Crippen molar-refractivity contribution in [2.24, 2.45) is 0 Å². The van der Waals surface area contributed by atoms with Crippen LogP contribution in [0.5, 0.6) is 0 Å². The normalized spacial score (nSPS) is 11.0. The van der Waals surface area contributed by atoms with E-state index in [1.54, 1.807) is 11.2 Å². The molecule has 0 bridgehead atoms. The van der Waals surface area contributed by atoms with Crippen LogP contribution in [-0.2, 0) is 0 Å². The maximum atomic E-state index is 13.2. The van der Waals surface area contributed by atoms with E-state index in [1.165, 1.54) is 0 Å². The molecule has 4 rings (SSSR count). The van der Waals surface area contributed by atoms with Crippen molar-refractivity contribution < 1.29 is 4.79 Å². The number of aryl methyl sites for hydroxylation is 1. The lowest BCUT2D eigenvalue weighted by Gasteiger charge is -2.25. The van der Waals surface area contributed by atoms with Crippen LogP contribution in [0, 0.1) is 6.92 Å². The van der Waals surface area contributed by atoms with Gasteiger partial charge in [-0.05, 0) is 51.1 Å². The Bertz CT molecular complexity index is 1100. The van der Waals surface area contributed by atoms with Crippen LogP contribution in [0.1, 0.15) is 35.9 Å². The summed E-state index contributed by atoms with van der Waals surface area (Å²) in [5.41, 5.74) is 6.74. The fourth-order valence-corrected chi connectivity index (χ4v) is 3.27. The minimum absolute atomic E-state index is 0.200. The lowest BCUT2D eigenvalue weighted by atomic mass is 10.1. The first-order chi connectivity index (χ1) is 14.0. The number of pyridine rings is 1. The van der Waals surface area contributed by atoms with Gasteiger partial charge in [-0.15, -0.1) is 0 Å². The molecular weight excluding hydrogens is 362 g/mol. The van der Waals surface area contributed by atoms with Gasteiger partial charge >= 0.3 is 0 Å². The van der Waals surface area contributed by atoms with E-state index in [2.05, 4.69) is 29.4 Å². The molecule has 2 aromatic carbocycles. The lowest BCUT2D eigenvalue weighted by molar-refractivity contribution is 0.0953. The number of anilines is 2. The van der Waals surface area contributed by atoms with Crippen LogP contribution < -0.4 is 10.4 Å². The van der Waals surface area contributed by atoms with Gasteiger partial charge in [0.2, 0.25) is 0 Å². The summed E-state index contributed by atoms with van der Waals surface area (Å²) in [5.74, 6) is -0.220. The van der Waals surface area contributed by atoms with E-state index in [-0.39, 0.29) is 11.9 Å².